The average Bonchev–Trinajstić information content (AvgIpc) is 2.53. The Morgan fingerprint density at radius 3 is 2.33 bits per heavy atom. The Balaban J connectivity index is 1.96. The molecule has 114 valence electrons. The van der Waals surface area contributed by atoms with Gasteiger partial charge in [0.1, 0.15) is 0 Å². The molecule has 1 aliphatic rings. The zero-order valence-corrected chi connectivity index (χ0v) is 12.2. The number of hydrogen-bond donors (Lipinski definition) is 2. The first-order valence-electron chi connectivity index (χ1n) is 7.33. The van der Waals surface area contributed by atoms with Crippen LogP contribution in [0.2, 0.25) is 0 Å². The highest BCUT2D eigenvalue weighted by atomic mass is 16.4. The fraction of sp³-hybridized carbons (Fsp3) is 0.500. The fourth-order valence-electron chi connectivity index (χ4n) is 2.75. The van der Waals surface area contributed by atoms with Gasteiger partial charge >= 0.3 is 5.97 Å². The molecule has 2 atom stereocenters. The van der Waals surface area contributed by atoms with Crippen LogP contribution in [0.3, 0.4) is 0 Å². The standard InChI is InChI=1S/C16H22N2O3/c1-11(14(17)12-5-3-2-4-6-12)15(19)18-9-7-13(8-10-18)16(20)21/h2-6,11,13-14H,7-10,17H2,1H3,(H,20,21). The van der Waals surface area contributed by atoms with E-state index in [4.69, 9.17) is 10.8 Å². The molecule has 5 nitrogen and oxygen atoms in total. The Bertz CT molecular complexity index is 496. The van der Waals surface area contributed by atoms with E-state index in [0.717, 1.165) is 5.56 Å². The maximum absolute atomic E-state index is 12.5. The van der Waals surface area contributed by atoms with E-state index in [1.54, 1.807) is 4.90 Å². The Labute approximate surface area is 124 Å². The summed E-state index contributed by atoms with van der Waals surface area (Å²) in [6.45, 7) is 2.84. The van der Waals surface area contributed by atoms with Gasteiger partial charge in [0.15, 0.2) is 0 Å². The Kier molecular flexibility index (Phi) is 4.96. The summed E-state index contributed by atoms with van der Waals surface area (Å²) in [7, 11) is 0. The SMILES string of the molecule is CC(C(=O)N1CCC(C(=O)O)CC1)C(N)c1ccccc1. The Morgan fingerprint density at radius 2 is 1.81 bits per heavy atom. The first-order chi connectivity index (χ1) is 10.0. The molecule has 1 heterocycles. The van der Waals surface area contributed by atoms with Gasteiger partial charge in [-0.05, 0) is 18.4 Å². The van der Waals surface area contributed by atoms with E-state index in [1.807, 2.05) is 37.3 Å². The van der Waals surface area contributed by atoms with E-state index < -0.39 is 5.97 Å². The molecule has 0 saturated carbocycles. The number of likely N-dealkylation sites (tertiary alicyclic amines) is 1. The number of benzene rings is 1. The van der Waals surface area contributed by atoms with Crippen molar-refractivity contribution in [2.75, 3.05) is 13.1 Å². The molecule has 5 heteroatoms. The predicted molar refractivity (Wildman–Crippen MR) is 79.5 cm³/mol. The number of nitrogens with two attached hydrogens (primary N) is 1. The van der Waals surface area contributed by atoms with Gasteiger partial charge in [-0.3, -0.25) is 9.59 Å². The lowest BCUT2D eigenvalue weighted by Gasteiger charge is -2.33. The van der Waals surface area contributed by atoms with Crippen LogP contribution in [0.15, 0.2) is 30.3 Å². The fourth-order valence-corrected chi connectivity index (χ4v) is 2.75. The van der Waals surface area contributed by atoms with Gasteiger partial charge in [0, 0.05) is 19.1 Å². The summed E-state index contributed by atoms with van der Waals surface area (Å²) in [6, 6.07) is 9.24. The van der Waals surface area contributed by atoms with E-state index in [-0.39, 0.29) is 23.8 Å². The summed E-state index contributed by atoms with van der Waals surface area (Å²) < 4.78 is 0. The lowest BCUT2D eigenvalue weighted by atomic mass is 9.92. The zero-order chi connectivity index (χ0) is 15.4. The van der Waals surface area contributed by atoms with Crippen molar-refractivity contribution in [3.05, 3.63) is 35.9 Å². The molecule has 1 aliphatic heterocycles. The van der Waals surface area contributed by atoms with Crippen LogP contribution < -0.4 is 5.73 Å². The van der Waals surface area contributed by atoms with Gasteiger partial charge in [-0.1, -0.05) is 37.3 Å². The predicted octanol–water partition coefficient (Wildman–Crippen LogP) is 1.65. The molecule has 1 aromatic rings. The third kappa shape index (κ3) is 3.61. The minimum Gasteiger partial charge on any atom is -0.481 e. The number of carboxylic acid groups (broad SMARTS) is 1. The molecule has 2 rings (SSSR count). The highest BCUT2D eigenvalue weighted by molar-refractivity contribution is 5.80. The Hall–Kier alpha value is -1.88. The number of amides is 1. The number of hydrogen-bond acceptors (Lipinski definition) is 3. The third-order valence-electron chi connectivity index (χ3n) is 4.27. The molecule has 0 aromatic heterocycles. The van der Waals surface area contributed by atoms with Crippen molar-refractivity contribution in [1.82, 2.24) is 4.90 Å². The minimum atomic E-state index is -0.767. The molecule has 0 bridgehead atoms. The monoisotopic (exact) mass is 290 g/mol. The highest BCUT2D eigenvalue weighted by Crippen LogP contribution is 2.24. The lowest BCUT2D eigenvalue weighted by molar-refractivity contribution is -0.146. The molecule has 0 aliphatic carbocycles. The summed E-state index contributed by atoms with van der Waals surface area (Å²) >= 11 is 0. The number of carboxylic acids is 1. The van der Waals surface area contributed by atoms with Crippen molar-refractivity contribution in [2.45, 2.75) is 25.8 Å². The molecule has 1 fully saturated rings. The van der Waals surface area contributed by atoms with Gasteiger partial charge in [0.25, 0.3) is 0 Å². The van der Waals surface area contributed by atoms with Crippen LogP contribution in [0.5, 0.6) is 0 Å². The molecular weight excluding hydrogens is 268 g/mol. The molecular formula is C16H22N2O3. The quantitative estimate of drug-likeness (QED) is 0.883. The van der Waals surface area contributed by atoms with Crippen molar-refractivity contribution < 1.29 is 14.7 Å². The van der Waals surface area contributed by atoms with Gasteiger partial charge in [-0.25, -0.2) is 0 Å². The van der Waals surface area contributed by atoms with Gasteiger partial charge in [0.2, 0.25) is 5.91 Å². The van der Waals surface area contributed by atoms with Crippen LogP contribution >= 0.6 is 0 Å². The van der Waals surface area contributed by atoms with Crippen molar-refractivity contribution in [1.29, 1.82) is 0 Å². The average molecular weight is 290 g/mol. The van der Waals surface area contributed by atoms with Crippen LogP contribution in [0, 0.1) is 11.8 Å². The Morgan fingerprint density at radius 1 is 1.24 bits per heavy atom. The number of nitrogens with zero attached hydrogens (tertiary/aromatic N) is 1. The second kappa shape index (κ2) is 6.72. The second-order valence-corrected chi connectivity index (χ2v) is 5.66. The number of rotatable bonds is 4. The molecule has 1 aromatic carbocycles. The number of aliphatic carboxylic acids is 1. The molecule has 3 N–H and O–H groups in total. The maximum Gasteiger partial charge on any atom is 0.306 e. The molecule has 0 spiro atoms. The first-order valence-corrected chi connectivity index (χ1v) is 7.33. The van der Waals surface area contributed by atoms with Crippen LogP contribution in [-0.4, -0.2) is 35.0 Å². The van der Waals surface area contributed by atoms with Crippen LogP contribution in [0.1, 0.15) is 31.4 Å². The van der Waals surface area contributed by atoms with Gasteiger partial charge < -0.3 is 15.7 Å². The van der Waals surface area contributed by atoms with Crippen molar-refractivity contribution in [2.24, 2.45) is 17.6 Å². The molecule has 1 amide bonds. The number of piperidine rings is 1. The highest BCUT2D eigenvalue weighted by Gasteiger charge is 2.31. The van der Waals surface area contributed by atoms with Gasteiger partial charge in [-0.2, -0.15) is 0 Å². The van der Waals surface area contributed by atoms with Crippen molar-refractivity contribution in [3.8, 4) is 0 Å². The van der Waals surface area contributed by atoms with E-state index in [0.29, 0.717) is 25.9 Å². The summed E-state index contributed by atoms with van der Waals surface area (Å²) in [5.74, 6) is -1.40. The van der Waals surface area contributed by atoms with E-state index in [1.165, 1.54) is 0 Å². The van der Waals surface area contributed by atoms with E-state index in [9.17, 15) is 9.59 Å². The molecule has 21 heavy (non-hydrogen) atoms. The van der Waals surface area contributed by atoms with E-state index in [2.05, 4.69) is 0 Å². The molecule has 2 unspecified atom stereocenters. The first kappa shape index (κ1) is 15.5. The van der Waals surface area contributed by atoms with Crippen molar-refractivity contribution in [3.63, 3.8) is 0 Å². The number of carbonyl (C=O) groups excluding carboxylic acids is 1. The number of carbonyl (C=O) groups is 2. The largest absolute Gasteiger partial charge is 0.481 e. The molecule has 1 saturated heterocycles. The maximum atomic E-state index is 12.5. The zero-order valence-electron chi connectivity index (χ0n) is 12.2. The minimum absolute atomic E-state index is 0.00944. The topological polar surface area (TPSA) is 83.6 Å². The van der Waals surface area contributed by atoms with Crippen LogP contribution in [-0.2, 0) is 9.59 Å². The van der Waals surface area contributed by atoms with Gasteiger partial charge in [-0.15, -0.1) is 0 Å². The summed E-state index contributed by atoms with van der Waals surface area (Å²) in [5.41, 5.74) is 7.12. The van der Waals surface area contributed by atoms with Crippen LogP contribution in [0.4, 0.5) is 0 Å². The third-order valence-corrected chi connectivity index (χ3v) is 4.27. The van der Waals surface area contributed by atoms with Crippen molar-refractivity contribution >= 4 is 11.9 Å². The van der Waals surface area contributed by atoms with Gasteiger partial charge in [0.05, 0.1) is 11.8 Å². The lowest BCUT2D eigenvalue weighted by Crippen LogP contribution is -2.44. The summed E-state index contributed by atoms with van der Waals surface area (Å²) in [6.07, 6.45) is 1.04. The van der Waals surface area contributed by atoms with E-state index >= 15 is 0 Å². The molecule has 0 radical (unpaired) electrons. The normalized spacial score (nSPS) is 19.0. The second-order valence-electron chi connectivity index (χ2n) is 5.66. The summed E-state index contributed by atoms with van der Waals surface area (Å²) in [4.78, 5) is 25.2. The summed E-state index contributed by atoms with van der Waals surface area (Å²) in [5, 5.41) is 8.99. The van der Waals surface area contributed by atoms with Crippen LogP contribution in [0.25, 0.3) is 0 Å². The smallest absolute Gasteiger partial charge is 0.306 e.